The monoisotopic (exact) mass is 387 g/mol. The first-order valence-electron chi connectivity index (χ1n) is 8.67. The molecule has 1 saturated heterocycles. The number of para-hydroxylation sites is 1. The molecule has 8 heteroatoms. The number of sulfonamides is 1. The molecule has 1 aliphatic rings. The van der Waals surface area contributed by atoms with Crippen molar-refractivity contribution in [1.29, 1.82) is 0 Å². The Balaban J connectivity index is 1.91. The van der Waals surface area contributed by atoms with E-state index in [1.165, 1.54) is 12.1 Å². The van der Waals surface area contributed by atoms with Crippen molar-refractivity contribution in [3.05, 3.63) is 60.2 Å². The van der Waals surface area contributed by atoms with Gasteiger partial charge in [0.2, 0.25) is 15.9 Å². The highest BCUT2D eigenvalue weighted by Gasteiger charge is 2.30. The molecule has 0 bridgehead atoms. The smallest absolute Gasteiger partial charge is 0.258 e. The van der Waals surface area contributed by atoms with E-state index >= 15 is 0 Å². The van der Waals surface area contributed by atoms with Crippen molar-refractivity contribution in [2.75, 3.05) is 31.1 Å². The maximum atomic E-state index is 12.9. The van der Waals surface area contributed by atoms with Gasteiger partial charge < -0.3 is 10.2 Å². The maximum absolute atomic E-state index is 12.9. The molecule has 1 heterocycles. The van der Waals surface area contributed by atoms with Crippen LogP contribution in [-0.4, -0.2) is 50.7 Å². The number of nitrogens with one attached hydrogen (secondary N) is 1. The normalized spacial score (nSPS) is 15.2. The van der Waals surface area contributed by atoms with Gasteiger partial charge >= 0.3 is 0 Å². The van der Waals surface area contributed by atoms with Crippen LogP contribution in [0.4, 0.5) is 5.69 Å². The van der Waals surface area contributed by atoms with Gasteiger partial charge in [0.25, 0.3) is 5.91 Å². The Hall–Kier alpha value is -2.71. The van der Waals surface area contributed by atoms with Crippen molar-refractivity contribution in [2.24, 2.45) is 0 Å². The molecule has 27 heavy (non-hydrogen) atoms. The minimum atomic E-state index is -3.85. The van der Waals surface area contributed by atoms with Crippen LogP contribution in [0.3, 0.4) is 0 Å². The van der Waals surface area contributed by atoms with Crippen LogP contribution in [0, 0.1) is 0 Å². The molecule has 1 aliphatic heterocycles. The second-order valence-electron chi connectivity index (χ2n) is 6.10. The number of hydrogen-bond acceptors (Lipinski definition) is 4. The summed E-state index contributed by atoms with van der Waals surface area (Å²) in [5, 5.41) is 2.60. The zero-order chi connectivity index (χ0) is 19.4. The van der Waals surface area contributed by atoms with Crippen LogP contribution in [0.15, 0.2) is 59.5 Å². The lowest BCUT2D eigenvalue weighted by Gasteiger charge is -2.26. The summed E-state index contributed by atoms with van der Waals surface area (Å²) in [6, 6.07) is 15.2. The number of nitrogens with zero attached hydrogens (tertiary/aromatic N) is 2. The number of amides is 2. The Kier molecular flexibility index (Phi) is 5.57. The van der Waals surface area contributed by atoms with Gasteiger partial charge in [0.15, 0.2) is 0 Å². The Morgan fingerprint density at radius 1 is 1.15 bits per heavy atom. The fourth-order valence-electron chi connectivity index (χ4n) is 2.97. The van der Waals surface area contributed by atoms with Crippen molar-refractivity contribution < 1.29 is 18.0 Å². The van der Waals surface area contributed by atoms with Gasteiger partial charge in [0.05, 0.1) is 11.4 Å². The summed E-state index contributed by atoms with van der Waals surface area (Å²) in [6.45, 7) is 2.57. The lowest BCUT2D eigenvalue weighted by atomic mass is 10.2. The van der Waals surface area contributed by atoms with Gasteiger partial charge in [-0.05, 0) is 37.3 Å². The highest BCUT2D eigenvalue weighted by Crippen LogP contribution is 2.21. The number of hydrogen-bond donors (Lipinski definition) is 1. The molecule has 142 valence electrons. The molecular formula is C19H21N3O4S. The van der Waals surface area contributed by atoms with Crippen LogP contribution in [-0.2, 0) is 14.8 Å². The van der Waals surface area contributed by atoms with Crippen LogP contribution < -0.4 is 10.2 Å². The Bertz CT molecular complexity index is 944. The predicted octanol–water partition coefficient (Wildman–Crippen LogP) is 1.47. The van der Waals surface area contributed by atoms with Crippen molar-refractivity contribution >= 4 is 27.5 Å². The molecule has 0 unspecified atom stereocenters. The summed E-state index contributed by atoms with van der Waals surface area (Å²) in [6.07, 6.45) is 0. The third kappa shape index (κ3) is 4.01. The molecule has 0 aliphatic carbocycles. The van der Waals surface area contributed by atoms with E-state index in [9.17, 15) is 18.0 Å². The van der Waals surface area contributed by atoms with Gasteiger partial charge in [0, 0.05) is 30.9 Å². The minimum Gasteiger partial charge on any atom is -0.354 e. The SMILES string of the molecule is CCN(C(=O)c1cccc(S(=O)(=O)N2CCNC(=O)C2)c1)c1ccccc1. The molecule has 0 aromatic heterocycles. The summed E-state index contributed by atoms with van der Waals surface area (Å²) in [7, 11) is -3.85. The highest BCUT2D eigenvalue weighted by molar-refractivity contribution is 7.89. The van der Waals surface area contributed by atoms with Gasteiger partial charge in [0.1, 0.15) is 0 Å². The van der Waals surface area contributed by atoms with Gasteiger partial charge in [-0.15, -0.1) is 0 Å². The molecule has 3 rings (SSSR count). The predicted molar refractivity (Wildman–Crippen MR) is 102 cm³/mol. The van der Waals surface area contributed by atoms with Gasteiger partial charge in [-0.2, -0.15) is 4.31 Å². The Morgan fingerprint density at radius 3 is 2.56 bits per heavy atom. The summed E-state index contributed by atoms with van der Waals surface area (Å²) >= 11 is 0. The molecule has 2 aromatic carbocycles. The lowest BCUT2D eigenvalue weighted by molar-refractivity contribution is -0.122. The van der Waals surface area contributed by atoms with Crippen molar-refractivity contribution in [3.63, 3.8) is 0 Å². The largest absolute Gasteiger partial charge is 0.354 e. The topological polar surface area (TPSA) is 86.8 Å². The number of carbonyl (C=O) groups is 2. The van der Waals surface area contributed by atoms with E-state index in [1.54, 1.807) is 17.0 Å². The zero-order valence-corrected chi connectivity index (χ0v) is 15.8. The summed E-state index contributed by atoms with van der Waals surface area (Å²) < 4.78 is 26.8. The van der Waals surface area contributed by atoms with E-state index in [1.807, 2.05) is 37.3 Å². The quantitative estimate of drug-likeness (QED) is 0.842. The van der Waals surface area contributed by atoms with Gasteiger partial charge in [-0.3, -0.25) is 9.59 Å². The summed E-state index contributed by atoms with van der Waals surface area (Å²) in [5.41, 5.74) is 1.02. The number of benzene rings is 2. The fourth-order valence-corrected chi connectivity index (χ4v) is 4.41. The Labute approximate surface area is 158 Å². The van der Waals surface area contributed by atoms with Crippen molar-refractivity contribution in [1.82, 2.24) is 9.62 Å². The number of carbonyl (C=O) groups excluding carboxylic acids is 2. The Morgan fingerprint density at radius 2 is 1.89 bits per heavy atom. The number of anilines is 1. The van der Waals surface area contributed by atoms with Gasteiger partial charge in [-0.25, -0.2) is 8.42 Å². The van der Waals surface area contributed by atoms with E-state index in [-0.39, 0.29) is 41.9 Å². The molecule has 0 atom stereocenters. The molecule has 0 radical (unpaired) electrons. The second kappa shape index (κ2) is 7.89. The van der Waals surface area contributed by atoms with Crippen molar-refractivity contribution in [2.45, 2.75) is 11.8 Å². The molecule has 0 saturated carbocycles. The molecule has 2 aromatic rings. The fraction of sp³-hybridized carbons (Fsp3) is 0.263. The van der Waals surface area contributed by atoms with E-state index in [4.69, 9.17) is 0 Å². The zero-order valence-electron chi connectivity index (χ0n) is 15.0. The van der Waals surface area contributed by atoms with Crippen LogP contribution in [0.5, 0.6) is 0 Å². The van der Waals surface area contributed by atoms with Crippen LogP contribution in [0.2, 0.25) is 0 Å². The van der Waals surface area contributed by atoms with E-state index in [0.717, 1.165) is 9.99 Å². The third-order valence-electron chi connectivity index (χ3n) is 4.35. The molecule has 0 spiro atoms. The first kappa shape index (κ1) is 19.1. The molecule has 1 N–H and O–H groups in total. The van der Waals surface area contributed by atoms with Gasteiger partial charge in [-0.1, -0.05) is 24.3 Å². The standard InChI is InChI=1S/C19H21N3O4S/c1-2-22(16-8-4-3-5-9-16)19(24)15-7-6-10-17(13-15)27(25,26)21-12-11-20-18(23)14-21/h3-10,13H,2,11-12,14H2,1H3,(H,20,23). The number of piperazine rings is 1. The first-order valence-corrected chi connectivity index (χ1v) is 10.1. The van der Waals surface area contributed by atoms with Crippen LogP contribution >= 0.6 is 0 Å². The lowest BCUT2D eigenvalue weighted by Crippen LogP contribution is -2.49. The van der Waals surface area contributed by atoms with Crippen molar-refractivity contribution in [3.8, 4) is 0 Å². The van der Waals surface area contributed by atoms with Crippen LogP contribution in [0.1, 0.15) is 17.3 Å². The van der Waals surface area contributed by atoms with E-state index < -0.39 is 10.0 Å². The number of rotatable bonds is 5. The van der Waals surface area contributed by atoms with E-state index in [2.05, 4.69) is 5.32 Å². The average Bonchev–Trinajstić information content (AvgIpc) is 2.69. The maximum Gasteiger partial charge on any atom is 0.258 e. The minimum absolute atomic E-state index is 0.00663. The third-order valence-corrected chi connectivity index (χ3v) is 6.19. The summed E-state index contributed by atoms with van der Waals surface area (Å²) in [5.74, 6) is -0.615. The molecular weight excluding hydrogens is 366 g/mol. The molecule has 1 fully saturated rings. The average molecular weight is 387 g/mol. The highest BCUT2D eigenvalue weighted by atomic mass is 32.2. The molecule has 7 nitrogen and oxygen atoms in total. The molecule has 2 amide bonds. The first-order chi connectivity index (χ1) is 12.9. The summed E-state index contributed by atoms with van der Waals surface area (Å²) in [4.78, 5) is 26.1. The second-order valence-corrected chi connectivity index (χ2v) is 8.04. The van der Waals surface area contributed by atoms with E-state index in [0.29, 0.717) is 6.54 Å². The van der Waals surface area contributed by atoms with Crippen LogP contribution in [0.25, 0.3) is 0 Å².